The molecular weight excluding hydrogens is 326 g/mol. The summed E-state index contributed by atoms with van der Waals surface area (Å²) in [6, 6.07) is 4.75. The highest BCUT2D eigenvalue weighted by Gasteiger charge is 2.75. The second-order valence-electron chi connectivity index (χ2n) is 8.99. The van der Waals surface area contributed by atoms with Crippen LogP contribution in [0.4, 0.5) is 0 Å². The van der Waals surface area contributed by atoms with Crippen LogP contribution in [0, 0.1) is 17.3 Å². The molecule has 0 N–H and O–H groups in total. The quantitative estimate of drug-likeness (QED) is 0.768. The van der Waals surface area contributed by atoms with Crippen LogP contribution in [-0.2, 0) is 16.6 Å². The molecule has 1 aromatic rings. The number of hydrogen-bond acceptors (Lipinski definition) is 4. The number of rotatable bonds is 2. The van der Waals surface area contributed by atoms with E-state index >= 15 is 0 Å². The second-order valence-corrected chi connectivity index (χ2v) is 8.99. The molecule has 4 nitrogen and oxygen atoms in total. The van der Waals surface area contributed by atoms with E-state index in [1.165, 1.54) is 11.1 Å². The minimum Gasteiger partial charge on any atom is -0.493 e. The van der Waals surface area contributed by atoms with Crippen LogP contribution < -0.4 is 9.47 Å². The van der Waals surface area contributed by atoms with E-state index < -0.39 is 0 Å². The van der Waals surface area contributed by atoms with Crippen molar-refractivity contribution in [1.82, 2.24) is 4.90 Å². The van der Waals surface area contributed by atoms with Crippen molar-refractivity contribution in [2.75, 3.05) is 20.7 Å². The third kappa shape index (κ3) is 1.37. The Balaban J connectivity index is 1.69. The van der Waals surface area contributed by atoms with Crippen molar-refractivity contribution in [1.29, 1.82) is 0 Å². The van der Waals surface area contributed by atoms with Gasteiger partial charge in [-0.3, -0.25) is 4.79 Å². The molecule has 1 saturated carbocycles. The largest absolute Gasteiger partial charge is 0.493 e. The molecule has 1 saturated heterocycles. The molecule has 0 radical (unpaired) electrons. The summed E-state index contributed by atoms with van der Waals surface area (Å²) >= 11 is 0. The van der Waals surface area contributed by atoms with Gasteiger partial charge in [-0.1, -0.05) is 18.2 Å². The summed E-state index contributed by atoms with van der Waals surface area (Å²) < 4.78 is 12.4. The fraction of sp³-hybridized carbons (Fsp3) is 0.591. The number of Topliss-reactive ketones (excluding diaryl/α,β-unsaturated/α-hetero) is 1. The lowest BCUT2D eigenvalue weighted by molar-refractivity contribution is -0.150. The second kappa shape index (κ2) is 4.53. The molecule has 1 aromatic carbocycles. The molecular formula is C22H25NO3. The summed E-state index contributed by atoms with van der Waals surface area (Å²) in [5.74, 6) is 2.38. The molecule has 6 atom stereocenters. The number of ketones is 1. The fourth-order valence-corrected chi connectivity index (χ4v) is 7.35. The lowest BCUT2D eigenvalue weighted by atomic mass is 9.38. The first-order valence-corrected chi connectivity index (χ1v) is 9.80. The van der Waals surface area contributed by atoms with E-state index in [9.17, 15) is 4.79 Å². The molecule has 4 bridgehead atoms. The molecule has 0 aromatic heterocycles. The van der Waals surface area contributed by atoms with Crippen LogP contribution in [0.5, 0.6) is 11.5 Å². The first-order chi connectivity index (χ1) is 12.5. The summed E-state index contributed by atoms with van der Waals surface area (Å²) in [6.07, 6.45) is 7.96. The minimum absolute atomic E-state index is 0.000365. The Labute approximate surface area is 154 Å². The highest BCUT2D eigenvalue weighted by Crippen LogP contribution is 2.73. The van der Waals surface area contributed by atoms with Crippen molar-refractivity contribution >= 4 is 5.78 Å². The third-order valence-corrected chi connectivity index (χ3v) is 8.34. The Morgan fingerprint density at radius 2 is 2.23 bits per heavy atom. The lowest BCUT2D eigenvalue weighted by Crippen LogP contribution is -2.74. The Kier molecular flexibility index (Phi) is 2.66. The first-order valence-electron chi connectivity index (χ1n) is 9.80. The van der Waals surface area contributed by atoms with Gasteiger partial charge in [0.05, 0.1) is 7.11 Å². The van der Waals surface area contributed by atoms with Crippen LogP contribution in [0.2, 0.25) is 0 Å². The van der Waals surface area contributed by atoms with E-state index in [1.54, 1.807) is 14.0 Å². The van der Waals surface area contributed by atoms with Crippen molar-refractivity contribution in [3.05, 3.63) is 35.4 Å². The minimum atomic E-state index is 0.000365. The molecule has 4 heteroatoms. The normalized spacial score (nSPS) is 43.8. The molecule has 136 valence electrons. The van der Waals surface area contributed by atoms with Crippen molar-refractivity contribution in [3.8, 4) is 11.5 Å². The molecule has 4 aliphatic carbocycles. The molecule has 2 aliphatic heterocycles. The van der Waals surface area contributed by atoms with Crippen LogP contribution in [0.1, 0.15) is 30.9 Å². The van der Waals surface area contributed by atoms with Crippen molar-refractivity contribution in [2.45, 2.75) is 43.7 Å². The molecule has 0 amide bonds. The van der Waals surface area contributed by atoms with Gasteiger partial charge >= 0.3 is 0 Å². The first kappa shape index (κ1) is 15.3. The van der Waals surface area contributed by atoms with Crippen molar-refractivity contribution < 1.29 is 14.3 Å². The van der Waals surface area contributed by atoms with Gasteiger partial charge < -0.3 is 14.4 Å². The number of piperidine rings is 1. The zero-order chi connectivity index (χ0) is 17.8. The van der Waals surface area contributed by atoms with Crippen LogP contribution in [0.3, 0.4) is 0 Å². The van der Waals surface area contributed by atoms with Gasteiger partial charge in [-0.25, -0.2) is 0 Å². The average Bonchev–Trinajstić information content (AvgIpc) is 3.00. The molecule has 26 heavy (non-hydrogen) atoms. The molecule has 2 spiro atoms. The monoisotopic (exact) mass is 351 g/mol. The maximum Gasteiger partial charge on any atom is 0.165 e. The fourth-order valence-electron chi connectivity index (χ4n) is 7.35. The van der Waals surface area contributed by atoms with Gasteiger partial charge in [0.15, 0.2) is 11.5 Å². The average molecular weight is 351 g/mol. The SMILES string of the molecule is COc1ccc2c3c1O[C@H]1[C@H]4C=C[C@@]5(CC4C(C)=O)[C@@H](C2)N(C)CC[C@]315. The molecule has 2 heterocycles. The number of fused-ring (bicyclic) bond motifs is 1. The van der Waals surface area contributed by atoms with Crippen LogP contribution in [0.15, 0.2) is 24.3 Å². The molecule has 1 unspecified atom stereocenters. The van der Waals surface area contributed by atoms with Gasteiger partial charge in [-0.05, 0) is 51.4 Å². The zero-order valence-corrected chi connectivity index (χ0v) is 15.6. The van der Waals surface area contributed by atoms with Gasteiger partial charge in [0, 0.05) is 34.3 Å². The number of likely N-dealkylation sites (tertiary alicyclic amines) is 1. The van der Waals surface area contributed by atoms with Gasteiger partial charge in [0.25, 0.3) is 0 Å². The van der Waals surface area contributed by atoms with Gasteiger partial charge in [-0.2, -0.15) is 0 Å². The summed E-state index contributed by atoms with van der Waals surface area (Å²) in [5.41, 5.74) is 2.83. The maximum atomic E-state index is 12.5. The van der Waals surface area contributed by atoms with E-state index in [2.05, 4.69) is 36.2 Å². The maximum absolute atomic E-state index is 12.5. The summed E-state index contributed by atoms with van der Waals surface area (Å²) in [4.78, 5) is 15.0. The highest BCUT2D eigenvalue weighted by atomic mass is 16.5. The smallest absolute Gasteiger partial charge is 0.165 e. The van der Waals surface area contributed by atoms with Crippen LogP contribution >= 0.6 is 0 Å². The standard InChI is InChI=1S/C22H25NO3/c1-12(24)15-11-21-7-6-14(15)20-22(21)8-9-23(2)17(21)10-13-4-5-16(25-3)19(26-20)18(13)22/h4-7,14-15,17,20H,8-11H2,1-3H3/t14-,15?,17+,20-,21+,22-/m0/s1. The summed E-state index contributed by atoms with van der Waals surface area (Å²) in [6.45, 7) is 2.85. The predicted octanol–water partition coefficient (Wildman–Crippen LogP) is 2.74. The van der Waals surface area contributed by atoms with E-state index in [-0.39, 0.29) is 28.8 Å². The van der Waals surface area contributed by atoms with E-state index in [4.69, 9.17) is 9.47 Å². The number of methoxy groups -OCH3 is 1. The van der Waals surface area contributed by atoms with Gasteiger partial charge in [-0.15, -0.1) is 0 Å². The Morgan fingerprint density at radius 3 is 3.00 bits per heavy atom. The van der Waals surface area contributed by atoms with Crippen molar-refractivity contribution in [2.24, 2.45) is 17.3 Å². The summed E-state index contributed by atoms with van der Waals surface area (Å²) in [5, 5.41) is 0. The lowest BCUT2D eigenvalue weighted by Gasteiger charge is -2.68. The third-order valence-electron chi connectivity index (χ3n) is 8.34. The molecule has 7 rings (SSSR count). The van der Waals surface area contributed by atoms with Crippen molar-refractivity contribution in [3.63, 3.8) is 0 Å². The van der Waals surface area contributed by atoms with Gasteiger partial charge in [0.2, 0.25) is 0 Å². The van der Waals surface area contributed by atoms with Crippen LogP contribution in [-0.4, -0.2) is 43.5 Å². The Morgan fingerprint density at radius 1 is 1.38 bits per heavy atom. The topological polar surface area (TPSA) is 38.8 Å². The van der Waals surface area contributed by atoms with E-state index in [1.807, 2.05) is 0 Å². The predicted molar refractivity (Wildman–Crippen MR) is 97.7 cm³/mol. The molecule has 2 fully saturated rings. The number of carbonyl (C=O) groups excluding carboxylic acids is 1. The Bertz CT molecular complexity index is 876. The number of ether oxygens (including phenoxy) is 2. The number of benzene rings is 1. The number of carbonyl (C=O) groups is 1. The number of likely N-dealkylation sites (N-methyl/N-ethyl adjacent to an activating group) is 1. The van der Waals surface area contributed by atoms with E-state index in [0.29, 0.717) is 11.8 Å². The van der Waals surface area contributed by atoms with Gasteiger partial charge in [0.1, 0.15) is 11.9 Å². The number of nitrogens with zero attached hydrogens (tertiary/aromatic N) is 1. The Hall–Kier alpha value is -1.81. The number of hydrogen-bond donors (Lipinski definition) is 0. The van der Waals surface area contributed by atoms with Crippen LogP contribution in [0.25, 0.3) is 0 Å². The molecule has 6 aliphatic rings. The zero-order valence-electron chi connectivity index (χ0n) is 15.6. The summed E-state index contributed by atoms with van der Waals surface area (Å²) in [7, 11) is 3.98. The van der Waals surface area contributed by atoms with E-state index in [0.717, 1.165) is 37.3 Å². The highest BCUT2D eigenvalue weighted by molar-refractivity contribution is 5.80.